The fraction of sp³-hybridized carbons (Fsp3) is 0.143. The van der Waals surface area contributed by atoms with Gasteiger partial charge in [-0.2, -0.15) is 0 Å². The van der Waals surface area contributed by atoms with Gasteiger partial charge in [-0.05, 0) is 47.7 Å². The SMILES string of the molecule is CCCc1cc(F)c(C#Cc2ccc3c(F)c(F)ccc3c2)c(F)c1. The second-order valence-corrected chi connectivity index (χ2v) is 5.73. The van der Waals surface area contributed by atoms with E-state index in [-0.39, 0.29) is 10.9 Å². The molecule has 0 bridgehead atoms. The third-order valence-corrected chi connectivity index (χ3v) is 3.88. The van der Waals surface area contributed by atoms with Crippen molar-refractivity contribution >= 4 is 10.8 Å². The molecule has 3 aromatic rings. The molecule has 0 radical (unpaired) electrons. The summed E-state index contributed by atoms with van der Waals surface area (Å²) in [5.74, 6) is 1.90. The second-order valence-electron chi connectivity index (χ2n) is 5.73. The summed E-state index contributed by atoms with van der Waals surface area (Å²) in [7, 11) is 0. The van der Waals surface area contributed by atoms with E-state index in [0.29, 0.717) is 22.9 Å². The van der Waals surface area contributed by atoms with Gasteiger partial charge in [0.15, 0.2) is 11.6 Å². The van der Waals surface area contributed by atoms with Crippen LogP contribution in [0.4, 0.5) is 17.6 Å². The lowest BCUT2D eigenvalue weighted by atomic mass is 10.0. The highest BCUT2D eigenvalue weighted by atomic mass is 19.2. The van der Waals surface area contributed by atoms with Gasteiger partial charge in [-0.3, -0.25) is 0 Å². The number of rotatable bonds is 2. The zero-order chi connectivity index (χ0) is 18.0. The topological polar surface area (TPSA) is 0 Å². The van der Waals surface area contributed by atoms with Crippen LogP contribution >= 0.6 is 0 Å². The van der Waals surface area contributed by atoms with E-state index in [1.54, 1.807) is 6.07 Å². The molecule has 0 nitrogen and oxygen atoms in total. The monoisotopic (exact) mass is 342 g/mol. The molecule has 0 amide bonds. The summed E-state index contributed by atoms with van der Waals surface area (Å²) in [6, 6.07) is 9.46. The molecule has 0 aliphatic heterocycles. The van der Waals surface area contributed by atoms with Crippen LogP contribution in [0.25, 0.3) is 10.8 Å². The van der Waals surface area contributed by atoms with Gasteiger partial charge in [0, 0.05) is 10.9 Å². The smallest absolute Gasteiger partial charge is 0.166 e. The fourth-order valence-electron chi connectivity index (χ4n) is 2.66. The molecule has 0 fully saturated rings. The van der Waals surface area contributed by atoms with Gasteiger partial charge < -0.3 is 0 Å². The van der Waals surface area contributed by atoms with Gasteiger partial charge in [0.25, 0.3) is 0 Å². The Labute approximate surface area is 143 Å². The first-order chi connectivity index (χ1) is 12.0. The van der Waals surface area contributed by atoms with E-state index in [2.05, 4.69) is 11.8 Å². The Morgan fingerprint density at radius 1 is 0.800 bits per heavy atom. The molecule has 126 valence electrons. The minimum atomic E-state index is -0.930. The molecule has 0 saturated heterocycles. The lowest BCUT2D eigenvalue weighted by Crippen LogP contribution is -1.95. The van der Waals surface area contributed by atoms with Crippen molar-refractivity contribution in [3.05, 3.63) is 82.4 Å². The highest BCUT2D eigenvalue weighted by molar-refractivity contribution is 5.84. The first-order valence-corrected chi connectivity index (χ1v) is 7.87. The lowest BCUT2D eigenvalue weighted by Gasteiger charge is -2.03. The Balaban J connectivity index is 1.99. The fourth-order valence-corrected chi connectivity index (χ4v) is 2.66. The molecule has 0 heterocycles. The Kier molecular flexibility index (Phi) is 4.76. The Morgan fingerprint density at radius 3 is 2.20 bits per heavy atom. The van der Waals surface area contributed by atoms with Crippen LogP contribution in [0.1, 0.15) is 30.0 Å². The molecule has 25 heavy (non-hydrogen) atoms. The van der Waals surface area contributed by atoms with Gasteiger partial charge in [-0.1, -0.05) is 37.3 Å². The van der Waals surface area contributed by atoms with Crippen molar-refractivity contribution in [1.29, 1.82) is 0 Å². The van der Waals surface area contributed by atoms with Crippen molar-refractivity contribution < 1.29 is 17.6 Å². The van der Waals surface area contributed by atoms with Gasteiger partial charge in [-0.25, -0.2) is 17.6 Å². The average Bonchev–Trinajstić information content (AvgIpc) is 2.58. The molecule has 0 spiro atoms. The largest absolute Gasteiger partial charge is 0.206 e. The van der Waals surface area contributed by atoms with Gasteiger partial charge >= 0.3 is 0 Å². The highest BCUT2D eigenvalue weighted by Gasteiger charge is 2.09. The highest BCUT2D eigenvalue weighted by Crippen LogP contribution is 2.22. The second kappa shape index (κ2) is 6.98. The number of halogens is 4. The lowest BCUT2D eigenvalue weighted by molar-refractivity contribution is 0.517. The summed E-state index contributed by atoms with van der Waals surface area (Å²) in [5, 5.41) is 0.594. The molecule has 3 aromatic carbocycles. The summed E-state index contributed by atoms with van der Waals surface area (Å²) in [6.07, 6.45) is 1.38. The first kappa shape index (κ1) is 17.0. The van der Waals surface area contributed by atoms with E-state index in [4.69, 9.17) is 0 Å². The van der Waals surface area contributed by atoms with Gasteiger partial charge in [0.05, 0.1) is 5.56 Å². The van der Waals surface area contributed by atoms with Crippen molar-refractivity contribution in [3.8, 4) is 11.8 Å². The zero-order valence-corrected chi connectivity index (χ0v) is 13.5. The molecule has 0 saturated carbocycles. The van der Waals surface area contributed by atoms with Crippen LogP contribution in [0.5, 0.6) is 0 Å². The van der Waals surface area contributed by atoms with E-state index in [1.807, 2.05) is 6.92 Å². The molecule has 0 N–H and O–H groups in total. The van der Waals surface area contributed by atoms with Crippen LogP contribution in [0.3, 0.4) is 0 Å². The molecule has 0 aromatic heterocycles. The Hall–Kier alpha value is -2.80. The third-order valence-electron chi connectivity index (χ3n) is 3.88. The van der Waals surface area contributed by atoms with Gasteiger partial charge in [0.1, 0.15) is 11.6 Å². The zero-order valence-electron chi connectivity index (χ0n) is 13.5. The molecule has 0 unspecified atom stereocenters. The Morgan fingerprint density at radius 2 is 1.52 bits per heavy atom. The van der Waals surface area contributed by atoms with E-state index >= 15 is 0 Å². The summed E-state index contributed by atoms with van der Waals surface area (Å²) in [4.78, 5) is 0. The standard InChI is InChI=1S/C21H14F4/c1-2-3-14-11-19(23)17(20(24)12-14)8-5-13-4-7-16-15(10-13)6-9-18(22)21(16)25/h4,6-7,9-12H,2-3H2,1H3. The quantitative estimate of drug-likeness (QED) is 0.411. The number of hydrogen-bond donors (Lipinski definition) is 0. The van der Waals surface area contributed by atoms with Crippen LogP contribution in [0.15, 0.2) is 42.5 Å². The summed E-state index contributed by atoms with van der Waals surface area (Å²) in [5.41, 5.74) is 0.742. The van der Waals surface area contributed by atoms with Crippen LogP contribution in [-0.4, -0.2) is 0 Å². The van der Waals surface area contributed by atoms with E-state index in [0.717, 1.165) is 12.5 Å². The normalized spacial score (nSPS) is 10.6. The summed E-state index contributed by atoms with van der Waals surface area (Å²) in [6.45, 7) is 1.93. The van der Waals surface area contributed by atoms with Gasteiger partial charge in [-0.15, -0.1) is 0 Å². The molecule has 0 aliphatic rings. The van der Waals surface area contributed by atoms with Crippen LogP contribution < -0.4 is 0 Å². The van der Waals surface area contributed by atoms with Crippen molar-refractivity contribution in [2.75, 3.05) is 0 Å². The van der Waals surface area contributed by atoms with Crippen molar-refractivity contribution in [3.63, 3.8) is 0 Å². The van der Waals surface area contributed by atoms with E-state index in [1.165, 1.54) is 30.3 Å². The van der Waals surface area contributed by atoms with Crippen molar-refractivity contribution in [2.45, 2.75) is 19.8 Å². The van der Waals surface area contributed by atoms with Crippen LogP contribution in [-0.2, 0) is 6.42 Å². The van der Waals surface area contributed by atoms with E-state index in [9.17, 15) is 17.6 Å². The van der Waals surface area contributed by atoms with Crippen molar-refractivity contribution in [1.82, 2.24) is 0 Å². The average molecular weight is 342 g/mol. The molecule has 3 rings (SSSR count). The predicted molar refractivity (Wildman–Crippen MR) is 90.2 cm³/mol. The first-order valence-electron chi connectivity index (χ1n) is 7.87. The third kappa shape index (κ3) is 3.51. The minimum Gasteiger partial charge on any atom is -0.206 e. The van der Waals surface area contributed by atoms with Crippen LogP contribution in [0.2, 0.25) is 0 Å². The number of aryl methyl sites for hydroxylation is 1. The summed E-state index contributed by atoms with van der Waals surface area (Å²) < 4.78 is 55.0. The maximum absolute atomic E-state index is 14.1. The number of benzene rings is 3. The summed E-state index contributed by atoms with van der Waals surface area (Å²) >= 11 is 0. The molecular weight excluding hydrogens is 328 g/mol. The van der Waals surface area contributed by atoms with Gasteiger partial charge in [0.2, 0.25) is 0 Å². The number of fused-ring (bicyclic) bond motifs is 1. The maximum Gasteiger partial charge on any atom is 0.166 e. The van der Waals surface area contributed by atoms with Crippen LogP contribution in [0, 0.1) is 35.1 Å². The predicted octanol–water partition coefficient (Wildman–Crippen LogP) is 5.75. The molecule has 0 atom stereocenters. The molecule has 4 heteroatoms. The number of hydrogen-bond acceptors (Lipinski definition) is 0. The maximum atomic E-state index is 14.1. The molecular formula is C21H14F4. The molecule has 0 aliphatic carbocycles. The van der Waals surface area contributed by atoms with Crippen molar-refractivity contribution in [2.24, 2.45) is 0 Å². The minimum absolute atomic E-state index is 0.131. The Bertz CT molecular complexity index is 987. The van der Waals surface area contributed by atoms with E-state index < -0.39 is 23.3 Å².